The molecule has 3 rings (SSSR count). The molecule has 0 aliphatic carbocycles. The van der Waals surface area contributed by atoms with Gasteiger partial charge < -0.3 is 25.3 Å². The number of ether oxygens (including phenoxy) is 3. The Hall–Kier alpha value is -3.38. The zero-order valence-corrected chi connectivity index (χ0v) is 20.9. The fourth-order valence-corrected chi connectivity index (χ4v) is 4.00. The zero-order chi connectivity index (χ0) is 25.7. The normalized spacial score (nSPS) is 15.3. The summed E-state index contributed by atoms with van der Waals surface area (Å²) in [5.41, 5.74) is 6.64. The molecule has 0 spiro atoms. The largest absolute Gasteiger partial charge is 0.483 e. The Balaban J connectivity index is 1.96. The molecule has 2 aromatic carbocycles. The molecular formula is C24H20Cl3N3O5. The first-order valence-corrected chi connectivity index (χ1v) is 11.4. The molecular weight excluding hydrogens is 517 g/mol. The minimum Gasteiger partial charge on any atom is -0.483 e. The number of nitriles is 1. The number of nitrogens with one attached hydrogen (secondary N) is 1. The van der Waals surface area contributed by atoms with E-state index in [-0.39, 0.29) is 45.2 Å². The Kier molecular flexibility index (Phi) is 8.52. The number of hydrogen-bond donors (Lipinski definition) is 2. The number of carbonyl (C=O) groups excluding carboxylic acids is 2. The van der Waals surface area contributed by atoms with Gasteiger partial charge in [-0.2, -0.15) is 5.26 Å². The fourth-order valence-electron chi connectivity index (χ4n) is 3.47. The molecule has 0 fully saturated rings. The van der Waals surface area contributed by atoms with Crippen LogP contribution in [-0.2, 0) is 19.1 Å². The van der Waals surface area contributed by atoms with Crippen molar-refractivity contribution in [2.75, 3.05) is 18.5 Å². The average Bonchev–Trinajstić information content (AvgIpc) is 2.81. The summed E-state index contributed by atoms with van der Waals surface area (Å²) in [5.74, 6) is -1.99. The number of nitrogens with zero attached hydrogens (tertiary/aromatic N) is 1. The van der Waals surface area contributed by atoms with E-state index >= 15 is 0 Å². The predicted molar refractivity (Wildman–Crippen MR) is 132 cm³/mol. The molecule has 8 nitrogen and oxygen atoms in total. The average molecular weight is 537 g/mol. The van der Waals surface area contributed by atoms with Crippen LogP contribution < -0.4 is 15.8 Å². The Labute approximate surface area is 216 Å². The Morgan fingerprint density at radius 2 is 1.97 bits per heavy atom. The molecule has 0 bridgehead atoms. The van der Waals surface area contributed by atoms with Crippen molar-refractivity contribution in [3.63, 3.8) is 0 Å². The van der Waals surface area contributed by atoms with Crippen molar-refractivity contribution >= 4 is 52.4 Å². The first kappa shape index (κ1) is 26.2. The molecule has 0 radical (unpaired) electrons. The number of esters is 1. The van der Waals surface area contributed by atoms with Crippen LogP contribution in [0.2, 0.25) is 15.1 Å². The van der Waals surface area contributed by atoms with E-state index in [1.165, 1.54) is 19.1 Å². The lowest BCUT2D eigenvalue weighted by molar-refractivity contribution is -0.139. The van der Waals surface area contributed by atoms with Crippen LogP contribution in [0.4, 0.5) is 5.69 Å². The molecule has 35 heavy (non-hydrogen) atoms. The number of hydrogen-bond acceptors (Lipinski definition) is 7. The summed E-state index contributed by atoms with van der Waals surface area (Å²) in [5, 5.41) is 13.2. The second kappa shape index (κ2) is 11.4. The van der Waals surface area contributed by atoms with Crippen molar-refractivity contribution in [2.24, 2.45) is 5.73 Å². The molecule has 1 unspecified atom stereocenters. The third kappa shape index (κ3) is 5.82. The maximum absolute atomic E-state index is 12.8. The van der Waals surface area contributed by atoms with Crippen LogP contribution in [0.1, 0.15) is 25.3 Å². The van der Waals surface area contributed by atoms with Crippen LogP contribution in [0.5, 0.6) is 5.75 Å². The van der Waals surface area contributed by atoms with Crippen LogP contribution in [0.3, 0.4) is 0 Å². The maximum Gasteiger partial charge on any atom is 0.338 e. The van der Waals surface area contributed by atoms with Gasteiger partial charge in [-0.25, -0.2) is 4.79 Å². The topological polar surface area (TPSA) is 124 Å². The van der Waals surface area contributed by atoms with Gasteiger partial charge >= 0.3 is 5.97 Å². The second-order valence-electron chi connectivity index (χ2n) is 7.24. The molecule has 0 saturated heterocycles. The highest BCUT2D eigenvalue weighted by Crippen LogP contribution is 2.44. The second-order valence-corrected chi connectivity index (χ2v) is 8.46. The summed E-state index contributed by atoms with van der Waals surface area (Å²) >= 11 is 18.3. The lowest BCUT2D eigenvalue weighted by Crippen LogP contribution is -2.26. The van der Waals surface area contributed by atoms with Gasteiger partial charge in [-0.15, -0.1) is 0 Å². The van der Waals surface area contributed by atoms with Gasteiger partial charge in [0.25, 0.3) is 5.91 Å². The first-order chi connectivity index (χ1) is 16.7. The van der Waals surface area contributed by atoms with Gasteiger partial charge in [0.05, 0.1) is 33.8 Å². The highest BCUT2D eigenvalue weighted by atomic mass is 35.5. The van der Waals surface area contributed by atoms with Crippen LogP contribution in [0.25, 0.3) is 0 Å². The highest BCUT2D eigenvalue weighted by Gasteiger charge is 2.38. The van der Waals surface area contributed by atoms with Crippen LogP contribution in [0, 0.1) is 11.3 Å². The lowest BCUT2D eigenvalue weighted by atomic mass is 9.82. The van der Waals surface area contributed by atoms with Crippen molar-refractivity contribution in [3.05, 3.63) is 79.8 Å². The standard InChI is InChI=1S/C24H20Cl3N3O5/c1-3-33-24(32)20-12(2)35-23(29)15(10-28)21(20)14-9-13(25)7-8-18(14)34-11-19(31)30-17-6-4-5-16(26)22(17)27/h4-9,21H,3,11,29H2,1-2H3,(H,30,31). The van der Waals surface area contributed by atoms with Gasteiger partial charge in [0.15, 0.2) is 6.61 Å². The Morgan fingerprint density at radius 3 is 2.66 bits per heavy atom. The summed E-state index contributed by atoms with van der Waals surface area (Å²) in [6.45, 7) is 2.88. The SMILES string of the molecule is CCOC(=O)C1=C(C)OC(N)=C(C#N)C1c1cc(Cl)ccc1OCC(=O)Nc1cccc(Cl)c1Cl. The molecule has 0 aromatic heterocycles. The van der Waals surface area contributed by atoms with Crippen molar-refractivity contribution < 1.29 is 23.8 Å². The quantitative estimate of drug-likeness (QED) is 0.460. The van der Waals surface area contributed by atoms with E-state index in [2.05, 4.69) is 5.32 Å². The molecule has 1 atom stereocenters. The molecule has 3 N–H and O–H groups in total. The first-order valence-electron chi connectivity index (χ1n) is 10.3. The zero-order valence-electron chi connectivity index (χ0n) is 18.7. The smallest absolute Gasteiger partial charge is 0.338 e. The van der Waals surface area contributed by atoms with Crippen LogP contribution in [0.15, 0.2) is 59.2 Å². The number of amides is 1. The van der Waals surface area contributed by atoms with Crippen molar-refractivity contribution in [2.45, 2.75) is 19.8 Å². The number of rotatable bonds is 7. The van der Waals surface area contributed by atoms with E-state index in [0.717, 1.165) is 0 Å². The van der Waals surface area contributed by atoms with E-state index in [0.29, 0.717) is 16.3 Å². The van der Waals surface area contributed by atoms with E-state index in [9.17, 15) is 14.9 Å². The van der Waals surface area contributed by atoms with Gasteiger partial charge in [0.1, 0.15) is 23.2 Å². The van der Waals surface area contributed by atoms with Crippen molar-refractivity contribution in [3.8, 4) is 11.8 Å². The minimum atomic E-state index is -0.994. The molecule has 182 valence electrons. The summed E-state index contributed by atoms with van der Waals surface area (Å²) in [6, 6.07) is 11.4. The molecule has 1 aliphatic heterocycles. The number of nitrogens with two attached hydrogens (primary N) is 1. The monoisotopic (exact) mass is 535 g/mol. The highest BCUT2D eigenvalue weighted by molar-refractivity contribution is 6.44. The van der Waals surface area contributed by atoms with Gasteiger partial charge in [-0.05, 0) is 44.2 Å². The molecule has 0 saturated carbocycles. The number of halogens is 3. The Bertz CT molecular complexity index is 1280. The third-order valence-electron chi connectivity index (χ3n) is 4.97. The summed E-state index contributed by atoms with van der Waals surface area (Å²) in [6.07, 6.45) is 0. The van der Waals surface area contributed by atoms with Gasteiger partial charge in [0.2, 0.25) is 5.88 Å². The van der Waals surface area contributed by atoms with Crippen LogP contribution >= 0.6 is 34.8 Å². The predicted octanol–water partition coefficient (Wildman–Crippen LogP) is 5.31. The minimum absolute atomic E-state index is 0.0269. The molecule has 2 aromatic rings. The summed E-state index contributed by atoms with van der Waals surface area (Å²) in [4.78, 5) is 25.3. The van der Waals surface area contributed by atoms with Gasteiger partial charge in [0, 0.05) is 10.6 Å². The van der Waals surface area contributed by atoms with Crippen molar-refractivity contribution in [1.82, 2.24) is 0 Å². The summed E-state index contributed by atoms with van der Waals surface area (Å²) < 4.78 is 16.4. The maximum atomic E-state index is 12.8. The fraction of sp³-hybridized carbons (Fsp3) is 0.208. The molecule has 1 amide bonds. The van der Waals surface area contributed by atoms with Crippen molar-refractivity contribution in [1.29, 1.82) is 5.26 Å². The number of benzene rings is 2. The Morgan fingerprint density at radius 1 is 1.23 bits per heavy atom. The van der Waals surface area contributed by atoms with Crippen LogP contribution in [-0.4, -0.2) is 25.1 Å². The lowest BCUT2D eigenvalue weighted by Gasteiger charge is -2.28. The number of anilines is 1. The van der Waals surface area contributed by atoms with E-state index in [4.69, 9.17) is 54.7 Å². The molecule has 1 aliphatic rings. The van der Waals surface area contributed by atoms with E-state index < -0.39 is 24.4 Å². The van der Waals surface area contributed by atoms with Gasteiger partial charge in [-0.3, -0.25) is 4.79 Å². The van der Waals surface area contributed by atoms with Gasteiger partial charge in [-0.1, -0.05) is 40.9 Å². The molecule has 1 heterocycles. The number of carbonyl (C=O) groups is 2. The number of allylic oxidation sites excluding steroid dienone is 2. The molecule has 11 heteroatoms. The third-order valence-corrected chi connectivity index (χ3v) is 6.02. The van der Waals surface area contributed by atoms with E-state index in [1.54, 1.807) is 31.2 Å². The van der Waals surface area contributed by atoms with E-state index in [1.807, 2.05) is 6.07 Å². The summed E-state index contributed by atoms with van der Waals surface area (Å²) in [7, 11) is 0.